The minimum atomic E-state index is -5.00. The van der Waals surface area contributed by atoms with Crippen LogP contribution in [0.3, 0.4) is 0 Å². The minimum Gasteiger partial charge on any atom is -0.382 e. The second-order valence-corrected chi connectivity index (χ2v) is 7.89. The lowest BCUT2D eigenvalue weighted by atomic mass is 9.91. The van der Waals surface area contributed by atoms with Crippen LogP contribution in [0.4, 0.5) is 32.0 Å². The van der Waals surface area contributed by atoms with Gasteiger partial charge in [0.05, 0.1) is 11.0 Å². The van der Waals surface area contributed by atoms with Crippen molar-refractivity contribution in [3.05, 3.63) is 53.6 Å². The van der Waals surface area contributed by atoms with E-state index in [0.29, 0.717) is 43.3 Å². The van der Waals surface area contributed by atoms with Crippen molar-refractivity contribution in [2.24, 2.45) is 0 Å². The van der Waals surface area contributed by atoms with Gasteiger partial charge in [0.25, 0.3) is 5.91 Å². The molecule has 2 heterocycles. The molecule has 3 aromatic rings. The Morgan fingerprint density at radius 3 is 2.03 bits per heavy atom. The topological polar surface area (TPSA) is 82.7 Å². The summed E-state index contributed by atoms with van der Waals surface area (Å²) in [5.74, 6) is -0.200. The molecule has 0 spiro atoms. The fraction of sp³-hybridized carbons (Fsp3) is 0.381. The number of anilines is 1. The van der Waals surface area contributed by atoms with Crippen molar-refractivity contribution >= 4 is 22.6 Å². The van der Waals surface area contributed by atoms with E-state index in [1.165, 1.54) is 0 Å². The molecule has 1 aliphatic rings. The molecule has 0 saturated heterocycles. The largest absolute Gasteiger partial charge is 0.433 e. The van der Waals surface area contributed by atoms with Crippen LogP contribution < -0.4 is 10.6 Å². The molecule has 33 heavy (non-hydrogen) atoms. The molecule has 1 saturated carbocycles. The van der Waals surface area contributed by atoms with Crippen LogP contribution in [-0.4, -0.2) is 32.9 Å². The van der Waals surface area contributed by atoms with Crippen LogP contribution in [0, 0.1) is 0 Å². The number of rotatable bonds is 4. The summed E-state index contributed by atoms with van der Waals surface area (Å²) in [7, 11) is 0. The van der Waals surface area contributed by atoms with Gasteiger partial charge in [0.2, 0.25) is 0 Å². The van der Waals surface area contributed by atoms with Crippen LogP contribution in [0.1, 0.15) is 47.7 Å². The zero-order chi connectivity index (χ0) is 23.8. The number of halogens is 6. The fourth-order valence-corrected chi connectivity index (χ4v) is 3.84. The van der Waals surface area contributed by atoms with Gasteiger partial charge in [0.15, 0.2) is 5.82 Å². The predicted octanol–water partition coefficient (Wildman–Crippen LogP) is 5.15. The van der Waals surface area contributed by atoms with Crippen molar-refractivity contribution in [2.75, 3.05) is 5.32 Å². The molecule has 2 aromatic heterocycles. The molecule has 1 aromatic carbocycles. The van der Waals surface area contributed by atoms with Crippen LogP contribution in [0.5, 0.6) is 0 Å². The molecular weight excluding hydrogens is 452 g/mol. The Morgan fingerprint density at radius 1 is 0.879 bits per heavy atom. The number of carbonyl (C=O) groups is 1. The molecule has 0 radical (unpaired) electrons. The number of imidazole rings is 1. The average Bonchev–Trinajstić information content (AvgIpc) is 3.18. The third kappa shape index (κ3) is 5.37. The van der Waals surface area contributed by atoms with E-state index in [4.69, 9.17) is 0 Å². The number of nitrogens with one attached hydrogen (secondary N) is 3. The number of carbonyl (C=O) groups excluding carboxylic acids is 1. The summed E-state index contributed by atoms with van der Waals surface area (Å²) in [4.78, 5) is 22.4. The molecule has 4 rings (SSSR count). The standard InChI is InChI=1S/C21H19F6N5O/c22-20(23,24)16-9-13(10-17(32-16)21(25,26)27)28-11-5-7-12(8-6-11)29-19(33)18-30-14-3-1-2-4-15(14)31-18/h1-4,9-12H,5-8H2,(H,28,32)(H,29,33)(H,30,31)/t11-,12+. The normalized spacial score (nSPS) is 19.5. The maximum Gasteiger partial charge on any atom is 0.433 e. The Morgan fingerprint density at radius 2 is 1.45 bits per heavy atom. The van der Waals surface area contributed by atoms with E-state index in [0.717, 1.165) is 5.52 Å². The highest BCUT2D eigenvalue weighted by Crippen LogP contribution is 2.35. The zero-order valence-electron chi connectivity index (χ0n) is 17.0. The van der Waals surface area contributed by atoms with Gasteiger partial charge in [-0.1, -0.05) is 12.1 Å². The third-order valence-corrected chi connectivity index (χ3v) is 5.44. The summed E-state index contributed by atoms with van der Waals surface area (Å²) in [6.07, 6.45) is -8.08. The van der Waals surface area contributed by atoms with Gasteiger partial charge >= 0.3 is 12.4 Å². The maximum atomic E-state index is 13.0. The number of H-pyrrole nitrogens is 1. The summed E-state index contributed by atoms with van der Waals surface area (Å²) in [6.45, 7) is 0. The number of aromatic nitrogens is 3. The Labute approximate surface area is 183 Å². The first-order chi connectivity index (χ1) is 15.5. The number of hydrogen-bond donors (Lipinski definition) is 3. The number of hydrogen-bond acceptors (Lipinski definition) is 4. The van der Waals surface area contributed by atoms with Crippen LogP contribution in [0.25, 0.3) is 11.0 Å². The van der Waals surface area contributed by atoms with Gasteiger partial charge in [-0.15, -0.1) is 0 Å². The first kappa shape index (κ1) is 22.9. The van der Waals surface area contributed by atoms with Gasteiger partial charge in [0.1, 0.15) is 11.4 Å². The molecule has 1 amide bonds. The molecule has 1 fully saturated rings. The lowest BCUT2D eigenvalue weighted by Crippen LogP contribution is -2.40. The highest BCUT2D eigenvalue weighted by molar-refractivity contribution is 5.94. The second kappa shape index (κ2) is 8.56. The zero-order valence-corrected chi connectivity index (χ0v) is 17.0. The van der Waals surface area contributed by atoms with Crippen LogP contribution in [0.2, 0.25) is 0 Å². The van der Waals surface area contributed by atoms with E-state index < -0.39 is 23.7 Å². The predicted molar refractivity (Wildman–Crippen MR) is 107 cm³/mol. The number of aromatic amines is 1. The molecule has 1 aliphatic carbocycles. The molecule has 3 N–H and O–H groups in total. The average molecular weight is 471 g/mol. The number of alkyl halides is 6. The van der Waals surface area contributed by atoms with E-state index in [9.17, 15) is 31.1 Å². The summed E-state index contributed by atoms with van der Waals surface area (Å²) < 4.78 is 77.9. The lowest BCUT2D eigenvalue weighted by molar-refractivity contribution is -0.150. The minimum absolute atomic E-state index is 0.174. The Kier molecular flexibility index (Phi) is 5.93. The molecule has 6 nitrogen and oxygen atoms in total. The van der Waals surface area contributed by atoms with Crippen molar-refractivity contribution in [2.45, 2.75) is 50.1 Å². The first-order valence-electron chi connectivity index (χ1n) is 10.2. The number of amides is 1. The van der Waals surface area contributed by atoms with Crippen LogP contribution >= 0.6 is 0 Å². The molecule has 0 atom stereocenters. The van der Waals surface area contributed by atoms with Crippen LogP contribution in [-0.2, 0) is 12.4 Å². The Hall–Kier alpha value is -3.31. The Balaban J connectivity index is 1.37. The second-order valence-electron chi connectivity index (χ2n) is 7.89. The third-order valence-electron chi connectivity index (χ3n) is 5.44. The van der Waals surface area contributed by atoms with Crippen molar-refractivity contribution in [1.29, 1.82) is 0 Å². The number of fused-ring (bicyclic) bond motifs is 1. The molecule has 0 unspecified atom stereocenters. The van der Waals surface area contributed by atoms with Crippen molar-refractivity contribution in [1.82, 2.24) is 20.3 Å². The summed E-state index contributed by atoms with van der Waals surface area (Å²) in [5, 5.41) is 5.63. The Bertz CT molecular complexity index is 1080. The highest BCUT2D eigenvalue weighted by atomic mass is 19.4. The molecular formula is C21H19F6N5O. The van der Waals surface area contributed by atoms with Gasteiger partial charge in [-0.05, 0) is 49.9 Å². The number of pyridine rings is 1. The maximum absolute atomic E-state index is 13.0. The van der Waals surface area contributed by atoms with Crippen LogP contribution in [0.15, 0.2) is 36.4 Å². The lowest BCUT2D eigenvalue weighted by Gasteiger charge is -2.30. The van der Waals surface area contributed by atoms with Gasteiger partial charge < -0.3 is 15.6 Å². The van der Waals surface area contributed by atoms with E-state index in [2.05, 4.69) is 25.6 Å². The summed E-state index contributed by atoms with van der Waals surface area (Å²) in [6, 6.07) is 7.81. The van der Waals surface area contributed by atoms with E-state index >= 15 is 0 Å². The quantitative estimate of drug-likeness (QED) is 0.460. The van der Waals surface area contributed by atoms with E-state index in [1.54, 1.807) is 18.2 Å². The molecule has 0 aliphatic heterocycles. The fourth-order valence-electron chi connectivity index (χ4n) is 3.84. The van der Waals surface area contributed by atoms with Gasteiger partial charge in [0, 0.05) is 17.8 Å². The number of para-hydroxylation sites is 2. The van der Waals surface area contributed by atoms with Crippen molar-refractivity contribution in [3.63, 3.8) is 0 Å². The summed E-state index contributed by atoms with van der Waals surface area (Å²) in [5.41, 5.74) is -2.12. The molecule has 176 valence electrons. The van der Waals surface area contributed by atoms with Gasteiger partial charge in [-0.2, -0.15) is 26.3 Å². The van der Waals surface area contributed by atoms with E-state index in [1.807, 2.05) is 6.07 Å². The summed E-state index contributed by atoms with van der Waals surface area (Å²) >= 11 is 0. The SMILES string of the molecule is O=C(N[C@H]1CC[C@@H](Nc2cc(C(F)(F)F)nc(C(F)(F)F)c2)CC1)c1nc2ccccc2[nH]1. The molecule has 0 bridgehead atoms. The van der Waals surface area contributed by atoms with Gasteiger partial charge in [-0.25, -0.2) is 9.97 Å². The van der Waals surface area contributed by atoms with Gasteiger partial charge in [-0.3, -0.25) is 4.79 Å². The van der Waals surface area contributed by atoms with Crippen molar-refractivity contribution < 1.29 is 31.1 Å². The highest BCUT2D eigenvalue weighted by Gasteiger charge is 2.39. The molecule has 12 heteroatoms. The first-order valence-corrected chi connectivity index (χ1v) is 10.2. The monoisotopic (exact) mass is 471 g/mol. The van der Waals surface area contributed by atoms with Crippen molar-refractivity contribution in [3.8, 4) is 0 Å². The smallest absolute Gasteiger partial charge is 0.382 e. The van der Waals surface area contributed by atoms with E-state index in [-0.39, 0.29) is 29.5 Å². The number of nitrogens with zero attached hydrogens (tertiary/aromatic N) is 2. The number of benzene rings is 1.